The minimum atomic E-state index is -0.701. The summed E-state index contributed by atoms with van der Waals surface area (Å²) >= 11 is 0. The Labute approximate surface area is 166 Å². The topological polar surface area (TPSA) is 134 Å². The number of amides is 3. The number of benzene rings is 1. The molecule has 152 valence electrons. The number of likely N-dealkylation sites (tertiary alicyclic amines) is 1. The Morgan fingerprint density at radius 1 is 1.21 bits per heavy atom. The minimum absolute atomic E-state index is 0.0324. The van der Waals surface area contributed by atoms with Crippen molar-refractivity contribution in [2.24, 2.45) is 16.6 Å². The summed E-state index contributed by atoms with van der Waals surface area (Å²) in [5.74, 6) is -2.51. The van der Waals surface area contributed by atoms with E-state index >= 15 is 0 Å². The van der Waals surface area contributed by atoms with Gasteiger partial charge in [-0.3, -0.25) is 19.4 Å². The second-order valence-corrected chi connectivity index (χ2v) is 6.71. The number of carbonyl (C=O) groups is 4. The summed E-state index contributed by atoms with van der Waals surface area (Å²) in [5, 5.41) is 1.28. The molecule has 0 atom stereocenters. The second-order valence-electron chi connectivity index (χ2n) is 6.71. The van der Waals surface area contributed by atoms with Crippen molar-refractivity contribution in [3.05, 3.63) is 47.7 Å². The van der Waals surface area contributed by atoms with Crippen molar-refractivity contribution in [1.82, 2.24) is 15.5 Å². The third-order valence-electron chi connectivity index (χ3n) is 4.77. The van der Waals surface area contributed by atoms with Crippen molar-refractivity contribution in [3.8, 4) is 0 Å². The highest BCUT2D eigenvalue weighted by molar-refractivity contribution is 6.45. The van der Waals surface area contributed by atoms with Gasteiger partial charge < -0.3 is 15.5 Å². The van der Waals surface area contributed by atoms with E-state index in [-0.39, 0.29) is 17.3 Å². The Hall–Kier alpha value is -3.53. The number of nitrogens with zero attached hydrogens (tertiary/aromatic N) is 3. The number of hydrogen-bond acceptors (Lipinski definition) is 7. The van der Waals surface area contributed by atoms with Crippen molar-refractivity contribution in [2.75, 3.05) is 20.1 Å². The number of piperidine rings is 1. The molecule has 3 rings (SSSR count). The average molecular weight is 399 g/mol. The fourth-order valence-electron chi connectivity index (χ4n) is 3.06. The molecule has 2 heterocycles. The second kappa shape index (κ2) is 8.65. The van der Waals surface area contributed by atoms with E-state index in [9.17, 15) is 19.2 Å². The van der Waals surface area contributed by atoms with Gasteiger partial charge in [0.1, 0.15) is 11.4 Å². The van der Waals surface area contributed by atoms with Gasteiger partial charge in [0, 0.05) is 37.7 Å². The zero-order chi connectivity index (χ0) is 21.0. The average Bonchev–Trinajstić information content (AvgIpc) is 3.05. The molecular formula is C19H21N5O5. The lowest BCUT2D eigenvalue weighted by molar-refractivity contribution is -0.142. The van der Waals surface area contributed by atoms with E-state index in [4.69, 9.17) is 5.73 Å². The fourth-order valence-corrected chi connectivity index (χ4v) is 3.06. The van der Waals surface area contributed by atoms with Gasteiger partial charge in [-0.25, -0.2) is 9.79 Å². The molecule has 2 aliphatic heterocycles. The van der Waals surface area contributed by atoms with Crippen LogP contribution in [0.2, 0.25) is 0 Å². The van der Waals surface area contributed by atoms with Crippen molar-refractivity contribution >= 4 is 29.4 Å². The summed E-state index contributed by atoms with van der Waals surface area (Å²) in [6.45, 7) is 0.597. The first-order valence-electron chi connectivity index (χ1n) is 9.05. The predicted octanol–water partition coefficient (Wildman–Crippen LogP) is -0.216. The van der Waals surface area contributed by atoms with Gasteiger partial charge in [0.05, 0.1) is 0 Å². The number of likely N-dealkylation sites (N-methyl/N-ethyl adjacent to an activating group) is 1. The van der Waals surface area contributed by atoms with E-state index in [1.807, 2.05) is 0 Å². The maximum absolute atomic E-state index is 13.0. The molecular weight excluding hydrogens is 378 g/mol. The molecule has 0 saturated carbocycles. The van der Waals surface area contributed by atoms with Crippen LogP contribution in [0.15, 0.2) is 47.1 Å². The van der Waals surface area contributed by atoms with Crippen molar-refractivity contribution in [2.45, 2.75) is 12.8 Å². The van der Waals surface area contributed by atoms with E-state index in [1.165, 1.54) is 23.0 Å². The maximum Gasteiger partial charge on any atom is 0.376 e. The quantitative estimate of drug-likeness (QED) is 0.528. The molecule has 3 amide bonds. The van der Waals surface area contributed by atoms with Gasteiger partial charge >= 0.3 is 5.97 Å². The van der Waals surface area contributed by atoms with Crippen molar-refractivity contribution < 1.29 is 24.0 Å². The third-order valence-corrected chi connectivity index (χ3v) is 4.77. The predicted molar refractivity (Wildman–Crippen MR) is 102 cm³/mol. The molecule has 1 aromatic carbocycles. The SMILES string of the molecule is CN1NOC(=O)/C1=C\C(=NC(=O)c1ccccc1)C(=O)N1CCC(C(N)=O)CC1. The number of primary amides is 1. The number of aliphatic imine (C=N–C) groups is 1. The van der Waals surface area contributed by atoms with Crippen molar-refractivity contribution in [3.63, 3.8) is 0 Å². The molecule has 0 unspecified atom stereocenters. The van der Waals surface area contributed by atoms with Crippen LogP contribution >= 0.6 is 0 Å². The van der Waals surface area contributed by atoms with Gasteiger partial charge in [-0.2, -0.15) is 0 Å². The Morgan fingerprint density at radius 2 is 1.86 bits per heavy atom. The number of hydrogen-bond donors (Lipinski definition) is 2. The van der Waals surface area contributed by atoms with Crippen LogP contribution in [0.5, 0.6) is 0 Å². The molecule has 2 aliphatic rings. The summed E-state index contributed by atoms with van der Waals surface area (Å²) < 4.78 is 0. The Morgan fingerprint density at radius 3 is 2.41 bits per heavy atom. The van der Waals surface area contributed by atoms with Crippen molar-refractivity contribution in [1.29, 1.82) is 0 Å². The van der Waals surface area contributed by atoms with Gasteiger partial charge in [0.25, 0.3) is 11.8 Å². The highest BCUT2D eigenvalue weighted by atomic mass is 16.7. The smallest absolute Gasteiger partial charge is 0.369 e. The molecule has 0 bridgehead atoms. The molecule has 10 nitrogen and oxygen atoms in total. The van der Waals surface area contributed by atoms with Gasteiger partial charge in [0.15, 0.2) is 0 Å². The minimum Gasteiger partial charge on any atom is -0.369 e. The number of nitrogens with two attached hydrogens (primary N) is 1. The van der Waals surface area contributed by atoms with Crippen LogP contribution in [0.25, 0.3) is 0 Å². The van der Waals surface area contributed by atoms with Crippen LogP contribution < -0.4 is 11.3 Å². The molecule has 2 fully saturated rings. The van der Waals surface area contributed by atoms with Gasteiger partial charge in [-0.05, 0) is 25.0 Å². The highest BCUT2D eigenvalue weighted by Gasteiger charge is 2.31. The first-order valence-corrected chi connectivity index (χ1v) is 9.05. The van der Waals surface area contributed by atoms with E-state index in [2.05, 4.69) is 15.4 Å². The van der Waals surface area contributed by atoms with E-state index in [1.54, 1.807) is 30.3 Å². The Balaban J connectivity index is 1.89. The van der Waals surface area contributed by atoms with Crippen LogP contribution in [-0.4, -0.2) is 59.4 Å². The van der Waals surface area contributed by atoms with E-state index < -0.39 is 23.7 Å². The molecule has 0 spiro atoms. The number of hydrazine groups is 1. The van der Waals surface area contributed by atoms with Crippen LogP contribution in [0.4, 0.5) is 0 Å². The summed E-state index contributed by atoms with van der Waals surface area (Å²) in [7, 11) is 1.52. The highest BCUT2D eigenvalue weighted by Crippen LogP contribution is 2.18. The monoisotopic (exact) mass is 399 g/mol. The summed E-state index contributed by atoms with van der Waals surface area (Å²) in [5.41, 5.74) is 7.83. The standard InChI is InChI=1S/C19H21N5O5/c1-23-15(19(28)29-22-23)11-14(21-17(26)13-5-3-2-4-6-13)18(27)24-9-7-12(8-10-24)16(20)25/h2-6,11-12,22H,7-10H2,1H3,(H2,20,25)/b15-11+,21-14?. The fraction of sp³-hybridized carbons (Fsp3) is 0.316. The van der Waals surface area contributed by atoms with Gasteiger partial charge in [-0.15, -0.1) is 0 Å². The van der Waals surface area contributed by atoms with Crippen LogP contribution in [0.1, 0.15) is 23.2 Å². The normalized spacial score (nSPS) is 19.4. The lowest BCUT2D eigenvalue weighted by Gasteiger charge is -2.30. The van der Waals surface area contributed by atoms with E-state index in [0.29, 0.717) is 31.5 Å². The summed E-state index contributed by atoms with van der Waals surface area (Å²) in [6.07, 6.45) is 2.08. The summed E-state index contributed by atoms with van der Waals surface area (Å²) in [6, 6.07) is 8.28. The lowest BCUT2D eigenvalue weighted by Crippen LogP contribution is -2.44. The molecule has 29 heavy (non-hydrogen) atoms. The molecule has 1 aromatic rings. The van der Waals surface area contributed by atoms with Gasteiger partial charge in [-0.1, -0.05) is 23.8 Å². The van der Waals surface area contributed by atoms with Gasteiger partial charge in [0.2, 0.25) is 5.91 Å². The molecule has 0 aromatic heterocycles. The largest absolute Gasteiger partial charge is 0.376 e. The summed E-state index contributed by atoms with van der Waals surface area (Å²) in [4.78, 5) is 58.9. The Kier molecular flexibility index (Phi) is 6.03. The van der Waals surface area contributed by atoms with Crippen LogP contribution in [0.3, 0.4) is 0 Å². The van der Waals surface area contributed by atoms with Crippen LogP contribution in [0, 0.1) is 5.92 Å². The molecule has 10 heteroatoms. The lowest BCUT2D eigenvalue weighted by atomic mass is 9.96. The zero-order valence-electron chi connectivity index (χ0n) is 15.8. The maximum atomic E-state index is 13.0. The molecule has 0 aliphatic carbocycles. The first-order chi connectivity index (χ1) is 13.9. The molecule has 3 N–H and O–H groups in total. The number of rotatable bonds is 4. The first kappa shape index (κ1) is 20.2. The molecule has 0 radical (unpaired) electrons. The number of nitrogens with one attached hydrogen (secondary N) is 1. The third kappa shape index (κ3) is 4.66. The number of carbonyl (C=O) groups excluding carboxylic acids is 4. The molecule has 2 saturated heterocycles. The Bertz CT molecular complexity index is 888. The van der Waals surface area contributed by atoms with E-state index in [0.717, 1.165) is 0 Å². The zero-order valence-corrected chi connectivity index (χ0v) is 15.8. The van der Waals surface area contributed by atoms with Crippen LogP contribution in [-0.2, 0) is 19.2 Å².